The molecular formula is C26H32N2O5. The molecule has 7 heteroatoms. The molecule has 0 saturated carbocycles. The van der Waals surface area contributed by atoms with Gasteiger partial charge in [-0.2, -0.15) is 0 Å². The Morgan fingerprint density at radius 3 is 2.76 bits per heavy atom. The Labute approximate surface area is 195 Å². The van der Waals surface area contributed by atoms with E-state index in [-0.39, 0.29) is 18.2 Å². The van der Waals surface area contributed by atoms with Gasteiger partial charge in [0.25, 0.3) is 0 Å². The highest BCUT2D eigenvalue weighted by molar-refractivity contribution is 5.73. The number of hydrogen-bond donors (Lipinski definition) is 1. The second-order valence-electron chi connectivity index (χ2n) is 9.01. The van der Waals surface area contributed by atoms with Crippen molar-refractivity contribution in [2.75, 3.05) is 46.6 Å². The van der Waals surface area contributed by atoms with Gasteiger partial charge in [0.1, 0.15) is 24.2 Å². The maximum absolute atomic E-state index is 12.7. The molecule has 0 aliphatic carbocycles. The number of benzene rings is 2. The van der Waals surface area contributed by atoms with Crippen LogP contribution in [0.4, 0.5) is 4.79 Å². The standard InChI is InChI=1S/C26H32N2O5/c1-30-14-15-32-23-5-3-2-4-20(23)19-6-7-21-22(10-13-31-24(21)16-19)27-26(29)33-25-17-28-11-8-18(25)9-12-28/h2-7,16,18,22,25H,8-15,17H2,1H3,(H,27,29)/t22?,25-/m1/s1. The summed E-state index contributed by atoms with van der Waals surface area (Å²) < 4.78 is 22.8. The van der Waals surface area contributed by atoms with Gasteiger partial charge in [-0.3, -0.25) is 4.90 Å². The lowest BCUT2D eigenvalue weighted by Crippen LogP contribution is -2.52. The minimum absolute atomic E-state index is 0.00352. The molecule has 0 spiro atoms. The Bertz CT molecular complexity index is 973. The normalized spacial score (nSPS) is 25.6. The fourth-order valence-electron chi connectivity index (χ4n) is 5.13. The van der Waals surface area contributed by atoms with Crippen molar-refractivity contribution in [3.63, 3.8) is 0 Å². The molecule has 3 saturated heterocycles. The Morgan fingerprint density at radius 2 is 1.97 bits per heavy atom. The van der Waals surface area contributed by atoms with Crippen molar-refractivity contribution >= 4 is 6.09 Å². The number of ether oxygens (including phenoxy) is 4. The van der Waals surface area contributed by atoms with Gasteiger partial charge in [0.15, 0.2) is 0 Å². The van der Waals surface area contributed by atoms with E-state index < -0.39 is 0 Å². The van der Waals surface area contributed by atoms with Crippen LogP contribution in [0.15, 0.2) is 42.5 Å². The summed E-state index contributed by atoms with van der Waals surface area (Å²) in [6.07, 6.45) is 2.64. The number of carbonyl (C=O) groups excluding carboxylic acids is 1. The Hall–Kier alpha value is -2.77. The number of rotatable bonds is 7. The molecule has 0 radical (unpaired) electrons. The van der Waals surface area contributed by atoms with Crippen molar-refractivity contribution in [1.29, 1.82) is 0 Å². The van der Waals surface area contributed by atoms with Gasteiger partial charge < -0.3 is 24.3 Å². The molecule has 4 heterocycles. The number of alkyl carbamates (subject to hydrolysis) is 1. The van der Waals surface area contributed by atoms with E-state index in [1.165, 1.54) is 0 Å². The van der Waals surface area contributed by atoms with Gasteiger partial charge in [0, 0.05) is 31.2 Å². The summed E-state index contributed by atoms with van der Waals surface area (Å²) in [6.45, 7) is 4.68. The van der Waals surface area contributed by atoms with Crippen molar-refractivity contribution in [2.24, 2.45) is 5.92 Å². The third-order valence-electron chi connectivity index (χ3n) is 6.94. The number of hydrogen-bond acceptors (Lipinski definition) is 6. The minimum atomic E-state index is -0.326. The van der Waals surface area contributed by atoms with E-state index in [1.807, 2.05) is 36.4 Å². The van der Waals surface area contributed by atoms with Crippen LogP contribution in [0.25, 0.3) is 11.1 Å². The number of carbonyl (C=O) groups is 1. The summed E-state index contributed by atoms with van der Waals surface area (Å²) in [6, 6.07) is 13.9. The average Bonchev–Trinajstić information content (AvgIpc) is 2.85. The first-order chi connectivity index (χ1) is 16.2. The van der Waals surface area contributed by atoms with Crippen LogP contribution in [0, 0.1) is 5.92 Å². The number of para-hydroxylation sites is 1. The highest BCUT2D eigenvalue weighted by atomic mass is 16.6. The zero-order valence-electron chi connectivity index (χ0n) is 19.1. The summed E-state index contributed by atoms with van der Waals surface area (Å²) in [5.74, 6) is 2.09. The van der Waals surface area contributed by atoms with Crippen LogP contribution < -0.4 is 14.8 Å². The second kappa shape index (κ2) is 10.0. The highest BCUT2D eigenvalue weighted by Gasteiger charge is 2.37. The van der Waals surface area contributed by atoms with E-state index in [0.29, 0.717) is 25.7 Å². The lowest BCUT2D eigenvalue weighted by molar-refractivity contribution is -0.0342. The van der Waals surface area contributed by atoms with Crippen LogP contribution >= 0.6 is 0 Å². The molecule has 33 heavy (non-hydrogen) atoms. The smallest absolute Gasteiger partial charge is 0.407 e. The first kappa shape index (κ1) is 22.0. The van der Waals surface area contributed by atoms with E-state index in [9.17, 15) is 4.79 Å². The second-order valence-corrected chi connectivity index (χ2v) is 9.01. The quantitative estimate of drug-likeness (QED) is 0.640. The number of amides is 1. The maximum atomic E-state index is 12.7. The largest absolute Gasteiger partial charge is 0.493 e. The van der Waals surface area contributed by atoms with Gasteiger partial charge in [-0.1, -0.05) is 30.3 Å². The number of nitrogens with one attached hydrogen (secondary N) is 1. The SMILES string of the molecule is COCCOc1ccccc1-c1ccc2c(c1)OCCC2NC(=O)O[C@@H]1CN2CCC1CC2. The molecule has 6 rings (SSSR count). The van der Waals surface area contributed by atoms with E-state index in [4.69, 9.17) is 18.9 Å². The summed E-state index contributed by atoms with van der Waals surface area (Å²) >= 11 is 0. The molecule has 3 fully saturated rings. The monoisotopic (exact) mass is 452 g/mol. The van der Waals surface area contributed by atoms with Crippen LogP contribution in [-0.4, -0.2) is 63.7 Å². The molecule has 1 amide bonds. The summed E-state index contributed by atoms with van der Waals surface area (Å²) in [4.78, 5) is 15.1. The third kappa shape index (κ3) is 4.94. The van der Waals surface area contributed by atoms with E-state index in [1.54, 1.807) is 7.11 Å². The van der Waals surface area contributed by atoms with Crippen LogP contribution in [-0.2, 0) is 9.47 Å². The summed E-state index contributed by atoms with van der Waals surface area (Å²) in [7, 11) is 1.66. The summed E-state index contributed by atoms with van der Waals surface area (Å²) in [5.41, 5.74) is 2.99. The topological polar surface area (TPSA) is 69.3 Å². The maximum Gasteiger partial charge on any atom is 0.407 e. The van der Waals surface area contributed by atoms with Crippen molar-refractivity contribution in [1.82, 2.24) is 10.2 Å². The van der Waals surface area contributed by atoms with Crippen molar-refractivity contribution < 1.29 is 23.7 Å². The van der Waals surface area contributed by atoms with Gasteiger partial charge in [0.2, 0.25) is 0 Å². The molecule has 2 aromatic rings. The Kier molecular flexibility index (Phi) is 6.69. The van der Waals surface area contributed by atoms with E-state index in [0.717, 1.165) is 67.1 Å². The number of piperidine rings is 3. The molecule has 4 aliphatic rings. The molecule has 2 bridgehead atoms. The first-order valence-corrected chi connectivity index (χ1v) is 11.9. The lowest BCUT2D eigenvalue weighted by atomic mass is 9.86. The van der Waals surface area contributed by atoms with Crippen LogP contribution in [0.5, 0.6) is 11.5 Å². The van der Waals surface area contributed by atoms with Gasteiger partial charge in [-0.25, -0.2) is 4.79 Å². The fraction of sp³-hybridized carbons (Fsp3) is 0.500. The zero-order valence-corrected chi connectivity index (χ0v) is 19.1. The molecule has 0 aromatic heterocycles. The lowest BCUT2D eigenvalue weighted by Gasteiger charge is -2.44. The van der Waals surface area contributed by atoms with Crippen LogP contribution in [0.3, 0.4) is 0 Å². The first-order valence-electron chi connectivity index (χ1n) is 11.9. The highest BCUT2D eigenvalue weighted by Crippen LogP contribution is 2.38. The predicted octanol–water partition coefficient (Wildman–Crippen LogP) is 4.02. The van der Waals surface area contributed by atoms with Crippen molar-refractivity contribution in [3.8, 4) is 22.6 Å². The molecule has 176 valence electrons. The Balaban J connectivity index is 1.28. The molecule has 2 atom stereocenters. The van der Waals surface area contributed by atoms with Gasteiger partial charge in [-0.15, -0.1) is 0 Å². The van der Waals surface area contributed by atoms with Crippen LogP contribution in [0.1, 0.15) is 30.9 Å². The summed E-state index contributed by atoms with van der Waals surface area (Å²) in [5, 5.41) is 3.09. The molecule has 1 N–H and O–H groups in total. The fourth-order valence-corrected chi connectivity index (χ4v) is 5.13. The molecular weight excluding hydrogens is 420 g/mol. The molecule has 2 aromatic carbocycles. The number of methoxy groups -OCH3 is 1. The van der Waals surface area contributed by atoms with Crippen molar-refractivity contribution in [3.05, 3.63) is 48.0 Å². The van der Waals surface area contributed by atoms with Crippen molar-refractivity contribution in [2.45, 2.75) is 31.4 Å². The van der Waals surface area contributed by atoms with E-state index in [2.05, 4.69) is 16.3 Å². The van der Waals surface area contributed by atoms with Gasteiger partial charge in [0.05, 0.1) is 19.3 Å². The van der Waals surface area contributed by atoms with Gasteiger partial charge >= 0.3 is 6.09 Å². The van der Waals surface area contributed by atoms with E-state index >= 15 is 0 Å². The predicted molar refractivity (Wildman–Crippen MR) is 125 cm³/mol. The molecule has 4 aliphatic heterocycles. The average molecular weight is 453 g/mol. The van der Waals surface area contributed by atoms with Crippen LogP contribution in [0.2, 0.25) is 0 Å². The third-order valence-corrected chi connectivity index (χ3v) is 6.94. The minimum Gasteiger partial charge on any atom is -0.493 e. The molecule has 7 nitrogen and oxygen atoms in total. The number of fused-ring (bicyclic) bond motifs is 4. The molecule has 1 unspecified atom stereocenters. The number of nitrogens with zero attached hydrogens (tertiary/aromatic N) is 1. The zero-order chi connectivity index (χ0) is 22.6. The van der Waals surface area contributed by atoms with Gasteiger partial charge in [-0.05, 0) is 49.5 Å². The Morgan fingerprint density at radius 1 is 1.12 bits per heavy atom.